The van der Waals surface area contributed by atoms with Crippen molar-refractivity contribution in [2.24, 2.45) is 0 Å². The number of pyridine rings is 1. The molecule has 0 saturated carbocycles. The molecule has 1 fully saturated rings. The van der Waals surface area contributed by atoms with E-state index in [1.807, 2.05) is 0 Å². The maximum Gasteiger partial charge on any atom is 0.273 e. The molecule has 15 heteroatoms. The predicted molar refractivity (Wildman–Crippen MR) is 130 cm³/mol. The normalized spacial score (nSPS) is 24.5. The molecule has 1 aliphatic rings. The standard InChI is InChI=1S/C20H23BrClN7O5S/c1-27(2)19(32)15-12(6-10(21)7-23-15)35-20-18(33-3)16(17(31)11(9-30)34-20)29-8-14(24-26-29)28-5-4-13(22)25-28/h4-8,11,16-18,20,30-31H,9H2,1-3H3/t11?,16-,17-,18?,20+/m0/s1. The molecule has 3 aromatic rings. The van der Waals surface area contributed by atoms with E-state index in [4.69, 9.17) is 21.1 Å². The number of thioether (sulfide) groups is 1. The van der Waals surface area contributed by atoms with Gasteiger partial charge in [0.15, 0.2) is 11.0 Å². The molecule has 4 rings (SSSR count). The molecule has 0 radical (unpaired) electrons. The summed E-state index contributed by atoms with van der Waals surface area (Å²) in [6, 6.07) is 2.59. The van der Waals surface area contributed by atoms with Crippen LogP contribution in [0.1, 0.15) is 16.5 Å². The molecule has 188 valence electrons. The van der Waals surface area contributed by atoms with Crippen molar-refractivity contribution in [1.29, 1.82) is 0 Å². The summed E-state index contributed by atoms with van der Waals surface area (Å²) in [5.74, 6) is 0.101. The third-order valence-electron chi connectivity index (χ3n) is 5.36. The topological polar surface area (TPSA) is 141 Å². The fraction of sp³-hybridized carbons (Fsp3) is 0.450. The summed E-state index contributed by atoms with van der Waals surface area (Å²) < 4.78 is 15.3. The molecular formula is C20H23BrClN7O5S. The van der Waals surface area contributed by atoms with E-state index in [9.17, 15) is 15.0 Å². The highest BCUT2D eigenvalue weighted by atomic mass is 79.9. The molecule has 2 unspecified atom stereocenters. The van der Waals surface area contributed by atoms with E-state index < -0.39 is 36.4 Å². The van der Waals surface area contributed by atoms with Crippen molar-refractivity contribution in [3.63, 3.8) is 0 Å². The molecule has 4 heterocycles. The first kappa shape index (κ1) is 26.0. The number of methoxy groups -OCH3 is 1. The largest absolute Gasteiger partial charge is 0.394 e. The minimum atomic E-state index is -1.17. The van der Waals surface area contributed by atoms with Crippen molar-refractivity contribution in [1.82, 2.24) is 34.7 Å². The van der Waals surface area contributed by atoms with Crippen LogP contribution in [0.2, 0.25) is 5.15 Å². The van der Waals surface area contributed by atoms with Crippen LogP contribution in [0.3, 0.4) is 0 Å². The Kier molecular flexibility index (Phi) is 8.10. The lowest BCUT2D eigenvalue weighted by atomic mass is 9.97. The highest BCUT2D eigenvalue weighted by Gasteiger charge is 2.48. The number of hydrogen-bond acceptors (Lipinski definition) is 10. The number of ether oxygens (including phenoxy) is 2. The smallest absolute Gasteiger partial charge is 0.273 e. The number of aromatic nitrogens is 6. The van der Waals surface area contributed by atoms with Gasteiger partial charge in [-0.15, -0.1) is 5.10 Å². The summed E-state index contributed by atoms with van der Waals surface area (Å²) in [6.07, 6.45) is 1.91. The number of carbonyl (C=O) groups excluding carboxylic acids is 1. The number of aliphatic hydroxyl groups is 2. The van der Waals surface area contributed by atoms with Crippen molar-refractivity contribution in [3.8, 4) is 5.82 Å². The second-order valence-corrected chi connectivity index (χ2v) is 10.3. The van der Waals surface area contributed by atoms with Crippen LogP contribution in [-0.2, 0) is 9.47 Å². The lowest BCUT2D eigenvalue weighted by Crippen LogP contribution is -2.55. The summed E-state index contributed by atoms with van der Waals surface area (Å²) >= 11 is 10.5. The molecule has 0 aromatic carbocycles. The zero-order chi connectivity index (χ0) is 25.3. The van der Waals surface area contributed by atoms with E-state index in [1.54, 1.807) is 38.6 Å². The summed E-state index contributed by atoms with van der Waals surface area (Å²) in [4.78, 5) is 19.0. The Morgan fingerprint density at radius 3 is 2.83 bits per heavy atom. The van der Waals surface area contributed by atoms with E-state index >= 15 is 0 Å². The van der Waals surface area contributed by atoms with Crippen molar-refractivity contribution >= 4 is 45.2 Å². The van der Waals surface area contributed by atoms with E-state index in [0.717, 1.165) is 0 Å². The first-order chi connectivity index (χ1) is 16.7. The summed E-state index contributed by atoms with van der Waals surface area (Å²) in [7, 11) is 4.76. The van der Waals surface area contributed by atoms with E-state index in [0.29, 0.717) is 20.3 Å². The Morgan fingerprint density at radius 1 is 1.43 bits per heavy atom. The van der Waals surface area contributed by atoms with Crippen molar-refractivity contribution in [2.45, 2.75) is 34.7 Å². The molecule has 1 saturated heterocycles. The zero-order valence-electron chi connectivity index (χ0n) is 18.9. The van der Waals surface area contributed by atoms with Crippen LogP contribution >= 0.6 is 39.3 Å². The van der Waals surface area contributed by atoms with Crippen LogP contribution in [0.4, 0.5) is 0 Å². The van der Waals surface area contributed by atoms with Crippen molar-refractivity contribution in [2.75, 3.05) is 27.8 Å². The Morgan fingerprint density at radius 2 is 2.20 bits per heavy atom. The van der Waals surface area contributed by atoms with Crippen LogP contribution < -0.4 is 0 Å². The Hall–Kier alpha value is -2.07. The highest BCUT2D eigenvalue weighted by molar-refractivity contribution is 9.10. The minimum absolute atomic E-state index is 0.239. The molecule has 12 nitrogen and oxygen atoms in total. The first-order valence-electron chi connectivity index (χ1n) is 10.4. The number of carbonyl (C=O) groups is 1. The Labute approximate surface area is 218 Å². The monoisotopic (exact) mass is 587 g/mol. The third kappa shape index (κ3) is 5.38. The molecule has 0 aliphatic carbocycles. The van der Waals surface area contributed by atoms with E-state index in [-0.39, 0.29) is 11.6 Å². The highest BCUT2D eigenvalue weighted by Crippen LogP contribution is 2.40. The van der Waals surface area contributed by atoms with Gasteiger partial charge in [0.05, 0.1) is 12.8 Å². The van der Waals surface area contributed by atoms with Crippen LogP contribution in [0.25, 0.3) is 5.82 Å². The number of nitrogens with zero attached hydrogens (tertiary/aromatic N) is 7. The average molecular weight is 589 g/mol. The maximum absolute atomic E-state index is 12.7. The number of hydrogen-bond donors (Lipinski definition) is 2. The van der Waals surface area contributed by atoms with Crippen molar-refractivity contribution in [3.05, 3.63) is 46.0 Å². The molecule has 35 heavy (non-hydrogen) atoms. The lowest BCUT2D eigenvalue weighted by molar-refractivity contribution is -0.186. The van der Waals surface area contributed by atoms with E-state index in [2.05, 4.69) is 36.3 Å². The van der Waals surface area contributed by atoms with Gasteiger partial charge in [-0.3, -0.25) is 4.79 Å². The number of halogens is 2. The maximum atomic E-state index is 12.7. The molecule has 1 amide bonds. The van der Waals surface area contributed by atoms with Gasteiger partial charge in [0.2, 0.25) is 0 Å². The van der Waals surface area contributed by atoms with Gasteiger partial charge in [0, 0.05) is 43.0 Å². The molecule has 3 aromatic heterocycles. The molecule has 1 aliphatic heterocycles. The SMILES string of the molecule is COC1[C@@H](Sc2cc(Br)cnc2C(=O)N(C)C)OC(CO)[C@H](O)[C@@H]1n1cc(-n2ccc(Cl)n2)nn1. The first-order valence-corrected chi connectivity index (χ1v) is 12.4. The quantitative estimate of drug-likeness (QED) is 0.416. The summed E-state index contributed by atoms with van der Waals surface area (Å²) in [5.41, 5.74) is -0.495. The second kappa shape index (κ2) is 10.9. The summed E-state index contributed by atoms with van der Waals surface area (Å²) in [5, 5.41) is 33.6. The molecule has 0 spiro atoms. The molecule has 0 bridgehead atoms. The lowest BCUT2D eigenvalue weighted by Gasteiger charge is -2.43. The molecular weight excluding hydrogens is 566 g/mol. The van der Waals surface area contributed by atoms with Gasteiger partial charge in [0.1, 0.15) is 35.5 Å². The fourth-order valence-corrected chi connectivity index (χ4v) is 5.59. The van der Waals surface area contributed by atoms with Gasteiger partial charge in [-0.2, -0.15) is 5.10 Å². The van der Waals surface area contributed by atoms with Gasteiger partial charge >= 0.3 is 0 Å². The van der Waals surface area contributed by atoms with Crippen molar-refractivity contribution < 1.29 is 24.5 Å². The molecule has 5 atom stereocenters. The Balaban J connectivity index is 1.69. The van der Waals surface area contributed by atoms with Crippen LogP contribution in [0.15, 0.2) is 40.1 Å². The van der Waals surface area contributed by atoms with Gasteiger partial charge in [-0.1, -0.05) is 28.6 Å². The molecule has 2 N–H and O–H groups in total. The zero-order valence-corrected chi connectivity index (χ0v) is 22.1. The predicted octanol–water partition coefficient (Wildman–Crippen LogP) is 1.40. The van der Waals surface area contributed by atoms with Gasteiger partial charge in [-0.25, -0.2) is 14.3 Å². The summed E-state index contributed by atoms with van der Waals surface area (Å²) in [6.45, 7) is -0.443. The van der Waals surface area contributed by atoms with E-state index in [1.165, 1.54) is 39.3 Å². The fourth-order valence-electron chi connectivity index (χ4n) is 3.66. The number of amides is 1. The van der Waals surface area contributed by atoms with Crippen LogP contribution in [0.5, 0.6) is 0 Å². The van der Waals surface area contributed by atoms with Crippen LogP contribution in [0, 0.1) is 0 Å². The van der Waals surface area contributed by atoms with Crippen LogP contribution in [-0.4, -0.2) is 102 Å². The van der Waals surface area contributed by atoms with Gasteiger partial charge in [-0.05, 0) is 28.1 Å². The number of aliphatic hydroxyl groups excluding tert-OH is 2. The third-order valence-corrected chi connectivity index (χ3v) is 7.17. The Bertz CT molecular complexity index is 1190. The minimum Gasteiger partial charge on any atom is -0.394 e. The van der Waals surface area contributed by atoms with Gasteiger partial charge in [0.25, 0.3) is 5.91 Å². The second-order valence-electron chi connectivity index (χ2n) is 7.86. The number of rotatable bonds is 7. The van der Waals surface area contributed by atoms with Gasteiger partial charge < -0.3 is 24.6 Å². The average Bonchev–Trinajstić information content (AvgIpc) is 3.48.